The van der Waals surface area contributed by atoms with E-state index in [1.165, 1.54) is 0 Å². The normalized spacial score (nSPS) is 10.4. The third-order valence-electron chi connectivity index (χ3n) is 2.79. The highest BCUT2D eigenvalue weighted by Gasteiger charge is 2.09. The summed E-state index contributed by atoms with van der Waals surface area (Å²) in [4.78, 5) is 4.26. The van der Waals surface area contributed by atoms with Crippen molar-refractivity contribution in [2.75, 3.05) is 20.8 Å². The number of nitrogens with zero attached hydrogens (tertiary/aromatic N) is 1. The maximum absolute atomic E-state index is 5.58. The maximum atomic E-state index is 5.58. The summed E-state index contributed by atoms with van der Waals surface area (Å²) in [7, 11) is 3.17. The van der Waals surface area contributed by atoms with Crippen molar-refractivity contribution in [2.45, 2.75) is 19.9 Å². The van der Waals surface area contributed by atoms with Gasteiger partial charge in [0.1, 0.15) is 23.5 Å². The largest absolute Gasteiger partial charge is 0.496 e. The maximum Gasteiger partial charge on any atom is 0.399 e. The number of nitrogens with one attached hydrogen (secondary N) is 1. The summed E-state index contributed by atoms with van der Waals surface area (Å²) in [5.74, 6) is 1.82. The first-order valence-corrected chi connectivity index (χ1v) is 6.81. The van der Waals surface area contributed by atoms with E-state index in [1.807, 2.05) is 0 Å². The van der Waals surface area contributed by atoms with Crippen molar-refractivity contribution < 1.29 is 18.6 Å². The van der Waals surface area contributed by atoms with Crippen molar-refractivity contribution in [2.24, 2.45) is 0 Å². The van der Waals surface area contributed by atoms with Gasteiger partial charge in [-0.15, -0.1) is 0 Å². The Labute approximate surface area is 124 Å². The van der Waals surface area contributed by atoms with Crippen molar-refractivity contribution in [3.63, 3.8) is 0 Å². The summed E-state index contributed by atoms with van der Waals surface area (Å²) in [6, 6.07) is 5.24. The average molecular weight is 292 g/mol. The third kappa shape index (κ3) is 4.39. The van der Waals surface area contributed by atoms with Crippen molar-refractivity contribution in [3.05, 3.63) is 30.2 Å². The standard InChI is InChI=1S/C15H20N2O4/c1-4-5-16-9-11-10-20-15(17-11)21-14-7-12(18-2)6-13(8-14)19-3/h6-8,10,16H,4-5,9H2,1-3H3. The van der Waals surface area contributed by atoms with Gasteiger partial charge in [-0.2, -0.15) is 4.98 Å². The minimum absolute atomic E-state index is 0.193. The van der Waals surface area contributed by atoms with Crippen LogP contribution in [0.1, 0.15) is 19.0 Å². The SMILES string of the molecule is CCCNCc1coc(Oc2cc(OC)cc(OC)c2)n1. The molecule has 0 aliphatic carbocycles. The highest BCUT2D eigenvalue weighted by molar-refractivity contribution is 5.42. The van der Waals surface area contributed by atoms with E-state index in [0.29, 0.717) is 23.8 Å². The van der Waals surface area contributed by atoms with Gasteiger partial charge in [-0.1, -0.05) is 6.92 Å². The highest BCUT2D eigenvalue weighted by atomic mass is 16.6. The molecule has 0 bridgehead atoms. The molecule has 0 atom stereocenters. The van der Waals surface area contributed by atoms with Gasteiger partial charge in [-0.25, -0.2) is 0 Å². The molecule has 0 aliphatic rings. The van der Waals surface area contributed by atoms with E-state index in [1.54, 1.807) is 38.7 Å². The van der Waals surface area contributed by atoms with Crippen LogP contribution in [-0.4, -0.2) is 25.7 Å². The van der Waals surface area contributed by atoms with Crippen LogP contribution in [0, 0.1) is 0 Å². The van der Waals surface area contributed by atoms with Gasteiger partial charge in [0.05, 0.1) is 19.9 Å². The fourth-order valence-electron chi connectivity index (χ4n) is 1.75. The second-order valence-electron chi connectivity index (χ2n) is 4.43. The van der Waals surface area contributed by atoms with Crippen molar-refractivity contribution in [3.8, 4) is 23.3 Å². The zero-order valence-electron chi connectivity index (χ0n) is 12.5. The summed E-state index contributed by atoms with van der Waals surface area (Å²) in [5.41, 5.74) is 0.799. The van der Waals surface area contributed by atoms with Crippen LogP contribution in [0.2, 0.25) is 0 Å². The van der Waals surface area contributed by atoms with Crippen LogP contribution < -0.4 is 19.5 Å². The van der Waals surface area contributed by atoms with Gasteiger partial charge in [0.2, 0.25) is 0 Å². The molecule has 114 valence electrons. The Morgan fingerprint density at radius 2 is 1.76 bits per heavy atom. The summed E-state index contributed by atoms with van der Waals surface area (Å²) in [6.45, 7) is 3.71. The minimum atomic E-state index is 0.193. The number of hydrogen-bond donors (Lipinski definition) is 1. The smallest absolute Gasteiger partial charge is 0.399 e. The molecule has 0 spiro atoms. The fourth-order valence-corrected chi connectivity index (χ4v) is 1.75. The predicted octanol–water partition coefficient (Wildman–Crippen LogP) is 2.98. The van der Waals surface area contributed by atoms with Crippen LogP contribution in [0.25, 0.3) is 0 Å². The monoisotopic (exact) mass is 292 g/mol. The molecule has 0 saturated carbocycles. The van der Waals surface area contributed by atoms with Gasteiger partial charge >= 0.3 is 6.08 Å². The molecule has 21 heavy (non-hydrogen) atoms. The first-order chi connectivity index (χ1) is 10.2. The number of aromatic nitrogens is 1. The summed E-state index contributed by atoms with van der Waals surface area (Å²) in [5, 5.41) is 3.25. The van der Waals surface area contributed by atoms with Crippen LogP contribution in [-0.2, 0) is 6.54 Å². The van der Waals surface area contributed by atoms with Crippen LogP contribution in [0.5, 0.6) is 23.3 Å². The molecule has 0 aliphatic heterocycles. The number of hydrogen-bond acceptors (Lipinski definition) is 6. The third-order valence-corrected chi connectivity index (χ3v) is 2.79. The second kappa shape index (κ2) is 7.54. The number of ether oxygens (including phenoxy) is 3. The molecule has 1 aromatic heterocycles. The zero-order valence-corrected chi connectivity index (χ0v) is 12.5. The lowest BCUT2D eigenvalue weighted by Crippen LogP contribution is -2.13. The van der Waals surface area contributed by atoms with Crippen LogP contribution in [0.15, 0.2) is 28.9 Å². The summed E-state index contributed by atoms with van der Waals surface area (Å²) < 4.78 is 21.2. The minimum Gasteiger partial charge on any atom is -0.496 e. The van der Waals surface area contributed by atoms with Crippen LogP contribution in [0.4, 0.5) is 0 Å². The van der Waals surface area contributed by atoms with Crippen LogP contribution in [0.3, 0.4) is 0 Å². The molecule has 1 heterocycles. The Morgan fingerprint density at radius 1 is 1.10 bits per heavy atom. The second-order valence-corrected chi connectivity index (χ2v) is 4.43. The lowest BCUT2D eigenvalue weighted by Gasteiger charge is -2.07. The van der Waals surface area contributed by atoms with Crippen molar-refractivity contribution >= 4 is 0 Å². The molecule has 0 saturated heterocycles. The van der Waals surface area contributed by atoms with Gasteiger partial charge in [0.15, 0.2) is 0 Å². The molecule has 0 radical (unpaired) electrons. The number of rotatable bonds is 8. The lowest BCUT2D eigenvalue weighted by molar-refractivity contribution is 0.325. The van der Waals surface area contributed by atoms with Crippen LogP contribution >= 0.6 is 0 Å². The molecule has 1 N–H and O–H groups in total. The summed E-state index contributed by atoms with van der Waals surface area (Å²) in [6.07, 6.45) is 2.85. The summed E-state index contributed by atoms with van der Waals surface area (Å²) >= 11 is 0. The molecular weight excluding hydrogens is 272 g/mol. The quantitative estimate of drug-likeness (QED) is 0.755. The molecule has 2 aromatic rings. The van der Waals surface area contributed by atoms with E-state index in [0.717, 1.165) is 18.7 Å². The Morgan fingerprint density at radius 3 is 2.38 bits per heavy atom. The first-order valence-electron chi connectivity index (χ1n) is 6.81. The Bertz CT molecular complexity index is 546. The van der Waals surface area contributed by atoms with Gasteiger partial charge < -0.3 is 23.9 Å². The van der Waals surface area contributed by atoms with E-state index < -0.39 is 0 Å². The lowest BCUT2D eigenvalue weighted by atomic mass is 10.3. The average Bonchev–Trinajstić information content (AvgIpc) is 2.94. The molecule has 0 unspecified atom stereocenters. The molecule has 6 heteroatoms. The Balaban J connectivity index is 2.04. The van der Waals surface area contributed by atoms with Crippen molar-refractivity contribution in [1.29, 1.82) is 0 Å². The van der Waals surface area contributed by atoms with Gasteiger partial charge in [-0.05, 0) is 13.0 Å². The topological polar surface area (TPSA) is 65.8 Å². The van der Waals surface area contributed by atoms with Gasteiger partial charge in [0.25, 0.3) is 0 Å². The van der Waals surface area contributed by atoms with Gasteiger partial charge in [-0.3, -0.25) is 0 Å². The molecule has 0 amide bonds. The zero-order chi connectivity index (χ0) is 15.1. The predicted molar refractivity (Wildman–Crippen MR) is 78.1 cm³/mol. The Hall–Kier alpha value is -2.21. The van der Waals surface area contributed by atoms with E-state index in [2.05, 4.69) is 17.2 Å². The molecular formula is C15H20N2O4. The van der Waals surface area contributed by atoms with E-state index in [4.69, 9.17) is 18.6 Å². The molecule has 0 fully saturated rings. The number of benzene rings is 1. The number of methoxy groups -OCH3 is 2. The van der Waals surface area contributed by atoms with E-state index in [-0.39, 0.29) is 6.08 Å². The molecule has 1 aromatic carbocycles. The first kappa shape index (κ1) is 15.2. The highest BCUT2D eigenvalue weighted by Crippen LogP contribution is 2.30. The van der Waals surface area contributed by atoms with Crippen molar-refractivity contribution in [1.82, 2.24) is 10.3 Å². The fraction of sp³-hybridized carbons (Fsp3) is 0.400. The molecule has 2 rings (SSSR count). The Kier molecular flexibility index (Phi) is 5.45. The molecule has 6 nitrogen and oxygen atoms in total. The van der Waals surface area contributed by atoms with E-state index in [9.17, 15) is 0 Å². The van der Waals surface area contributed by atoms with E-state index >= 15 is 0 Å². The number of oxazole rings is 1. The van der Waals surface area contributed by atoms with Gasteiger partial charge in [0, 0.05) is 24.7 Å².